The quantitative estimate of drug-likeness (QED) is 0.343. The Morgan fingerprint density at radius 2 is 2.04 bits per heavy atom. The number of unbranched alkanes of at least 4 members (excludes halogenated alkanes) is 2. The van der Waals surface area contributed by atoms with Crippen LogP contribution in [0.15, 0.2) is 4.99 Å². The van der Waals surface area contributed by atoms with Crippen molar-refractivity contribution in [3.05, 3.63) is 0 Å². The maximum absolute atomic E-state index is 11.1. The molecule has 1 N–H and O–H groups in total. The molecule has 0 amide bonds. The van der Waals surface area contributed by atoms with Crippen LogP contribution >= 0.6 is 11.8 Å². The molecule has 138 valence electrons. The van der Waals surface area contributed by atoms with E-state index in [9.17, 15) is 4.79 Å². The molecule has 0 aromatic rings. The molecule has 1 saturated carbocycles. The van der Waals surface area contributed by atoms with Gasteiger partial charge in [0.15, 0.2) is 5.96 Å². The van der Waals surface area contributed by atoms with Gasteiger partial charge in [0.05, 0.1) is 7.11 Å². The van der Waals surface area contributed by atoms with Gasteiger partial charge in [-0.3, -0.25) is 9.79 Å². The van der Waals surface area contributed by atoms with Gasteiger partial charge in [-0.2, -0.15) is 11.8 Å². The monoisotopic (exact) mass is 355 g/mol. The van der Waals surface area contributed by atoms with Gasteiger partial charge in [0.2, 0.25) is 0 Å². The van der Waals surface area contributed by atoms with E-state index in [4.69, 9.17) is 0 Å². The maximum Gasteiger partial charge on any atom is 0.305 e. The van der Waals surface area contributed by atoms with Gasteiger partial charge < -0.3 is 15.0 Å². The summed E-state index contributed by atoms with van der Waals surface area (Å²) in [5.74, 6) is 2.15. The van der Waals surface area contributed by atoms with E-state index in [0.717, 1.165) is 44.9 Å². The highest BCUT2D eigenvalue weighted by atomic mass is 32.2. The Bertz CT molecular complexity index is 417. The van der Waals surface area contributed by atoms with E-state index in [1.54, 1.807) is 0 Å². The molecule has 2 rings (SSSR count). The average Bonchev–Trinajstić information content (AvgIpc) is 2.61. The van der Waals surface area contributed by atoms with E-state index in [1.807, 2.05) is 7.05 Å². The van der Waals surface area contributed by atoms with Crippen LogP contribution in [-0.2, 0) is 9.53 Å². The lowest BCUT2D eigenvalue weighted by molar-refractivity contribution is -0.140. The van der Waals surface area contributed by atoms with Crippen molar-refractivity contribution in [2.45, 2.75) is 62.5 Å². The standard InChI is InChI=1S/C18H33N3O2S/c1-19-17(20-12-8-3-5-9-16(22)23-2)21-13-14-24-18(15-21)10-6-4-7-11-18/h3-15H2,1-2H3,(H,19,20). The largest absolute Gasteiger partial charge is 0.469 e. The highest BCUT2D eigenvalue weighted by Gasteiger charge is 2.38. The third-order valence-electron chi connectivity index (χ3n) is 5.09. The van der Waals surface area contributed by atoms with Gasteiger partial charge in [-0.25, -0.2) is 0 Å². The molecule has 1 heterocycles. The van der Waals surface area contributed by atoms with Gasteiger partial charge in [-0.15, -0.1) is 0 Å². The van der Waals surface area contributed by atoms with Crippen LogP contribution in [0.5, 0.6) is 0 Å². The number of aliphatic imine (C=N–C) groups is 1. The highest BCUT2D eigenvalue weighted by molar-refractivity contribution is 8.00. The van der Waals surface area contributed by atoms with Crippen LogP contribution in [0, 0.1) is 0 Å². The smallest absolute Gasteiger partial charge is 0.305 e. The number of nitrogens with one attached hydrogen (secondary N) is 1. The number of carbonyl (C=O) groups excluding carboxylic acids is 1. The predicted octanol–water partition coefficient (Wildman–Crippen LogP) is 3.05. The van der Waals surface area contributed by atoms with Crippen LogP contribution in [-0.4, -0.2) is 61.1 Å². The molecule has 2 fully saturated rings. The first-order chi connectivity index (χ1) is 11.7. The SMILES string of the molecule is CN=C(NCCCCCC(=O)OC)N1CCSC2(CCCCC2)C1. The number of methoxy groups -OCH3 is 1. The number of hydrogen-bond donors (Lipinski definition) is 1. The van der Waals surface area contributed by atoms with E-state index >= 15 is 0 Å². The predicted molar refractivity (Wildman–Crippen MR) is 102 cm³/mol. The fraction of sp³-hybridized carbons (Fsp3) is 0.889. The molecular formula is C18H33N3O2S. The fourth-order valence-electron chi connectivity index (χ4n) is 3.73. The summed E-state index contributed by atoms with van der Waals surface area (Å²) in [6.07, 6.45) is 10.4. The van der Waals surface area contributed by atoms with Crippen LogP contribution in [0.2, 0.25) is 0 Å². The summed E-state index contributed by atoms with van der Waals surface area (Å²) >= 11 is 2.19. The zero-order valence-electron chi connectivity index (χ0n) is 15.3. The van der Waals surface area contributed by atoms with Gasteiger partial charge in [-0.1, -0.05) is 25.7 Å². The van der Waals surface area contributed by atoms with E-state index in [1.165, 1.54) is 45.0 Å². The number of hydrogen-bond acceptors (Lipinski definition) is 4. The number of esters is 1. The summed E-state index contributed by atoms with van der Waals surface area (Å²) in [5, 5.41) is 3.51. The molecule has 1 spiro atoms. The Hall–Kier alpha value is -0.910. The molecule has 0 radical (unpaired) electrons. The van der Waals surface area contributed by atoms with Crippen molar-refractivity contribution in [1.29, 1.82) is 0 Å². The maximum atomic E-state index is 11.1. The molecule has 1 saturated heterocycles. The Morgan fingerprint density at radius 3 is 2.75 bits per heavy atom. The first-order valence-electron chi connectivity index (χ1n) is 9.35. The Labute approximate surface area is 151 Å². The highest BCUT2D eigenvalue weighted by Crippen LogP contribution is 2.42. The van der Waals surface area contributed by atoms with Crippen LogP contribution in [0.3, 0.4) is 0 Å². The summed E-state index contributed by atoms with van der Waals surface area (Å²) in [6, 6.07) is 0. The van der Waals surface area contributed by atoms with Gasteiger partial charge in [0.25, 0.3) is 0 Å². The van der Waals surface area contributed by atoms with E-state index in [2.05, 4.69) is 31.7 Å². The Balaban J connectivity index is 1.70. The van der Waals surface area contributed by atoms with Crippen molar-refractivity contribution in [3.8, 4) is 0 Å². The minimum atomic E-state index is -0.109. The first-order valence-corrected chi connectivity index (χ1v) is 10.3. The van der Waals surface area contributed by atoms with Crippen molar-refractivity contribution in [3.63, 3.8) is 0 Å². The number of nitrogens with zero attached hydrogens (tertiary/aromatic N) is 2. The summed E-state index contributed by atoms with van der Waals surface area (Å²) < 4.78 is 5.13. The molecule has 0 aromatic carbocycles. The van der Waals surface area contributed by atoms with E-state index in [-0.39, 0.29) is 5.97 Å². The van der Waals surface area contributed by atoms with Crippen molar-refractivity contribution in [1.82, 2.24) is 10.2 Å². The van der Waals surface area contributed by atoms with Crippen LogP contribution in [0.4, 0.5) is 0 Å². The molecule has 0 aromatic heterocycles. The lowest BCUT2D eigenvalue weighted by atomic mass is 9.87. The third-order valence-corrected chi connectivity index (χ3v) is 6.63. The van der Waals surface area contributed by atoms with Crippen molar-refractivity contribution < 1.29 is 9.53 Å². The molecule has 24 heavy (non-hydrogen) atoms. The van der Waals surface area contributed by atoms with Gasteiger partial charge >= 0.3 is 5.97 Å². The molecular weight excluding hydrogens is 322 g/mol. The van der Waals surface area contributed by atoms with Gasteiger partial charge in [-0.05, 0) is 25.7 Å². The van der Waals surface area contributed by atoms with Crippen molar-refractivity contribution >= 4 is 23.7 Å². The minimum Gasteiger partial charge on any atom is -0.469 e. The zero-order chi connectivity index (χ0) is 17.3. The van der Waals surface area contributed by atoms with Gasteiger partial charge in [0, 0.05) is 43.6 Å². The third kappa shape index (κ3) is 5.87. The van der Waals surface area contributed by atoms with Crippen LogP contribution in [0.25, 0.3) is 0 Å². The molecule has 0 atom stereocenters. The second kappa shape index (κ2) is 10.2. The average molecular weight is 356 g/mol. The summed E-state index contributed by atoms with van der Waals surface area (Å²) in [4.78, 5) is 18.0. The number of carbonyl (C=O) groups is 1. The first kappa shape index (κ1) is 19.4. The zero-order valence-corrected chi connectivity index (χ0v) is 16.1. The van der Waals surface area contributed by atoms with Gasteiger partial charge in [0.1, 0.15) is 0 Å². The normalized spacial score (nSPS) is 20.9. The Morgan fingerprint density at radius 1 is 1.25 bits per heavy atom. The lowest BCUT2D eigenvalue weighted by Crippen LogP contribution is -2.53. The molecule has 1 aliphatic heterocycles. The molecule has 5 nitrogen and oxygen atoms in total. The number of guanidine groups is 1. The fourth-order valence-corrected chi connectivity index (χ4v) is 5.30. The van der Waals surface area contributed by atoms with E-state index < -0.39 is 0 Å². The van der Waals surface area contributed by atoms with Crippen molar-refractivity contribution in [2.24, 2.45) is 4.99 Å². The van der Waals surface area contributed by atoms with Crippen LogP contribution in [0.1, 0.15) is 57.8 Å². The summed E-state index contributed by atoms with van der Waals surface area (Å²) in [6.45, 7) is 3.15. The topological polar surface area (TPSA) is 53.9 Å². The second-order valence-corrected chi connectivity index (χ2v) is 8.44. The summed E-state index contributed by atoms with van der Waals surface area (Å²) in [5.41, 5.74) is 0. The molecule has 1 aliphatic carbocycles. The molecule has 6 heteroatoms. The summed E-state index contributed by atoms with van der Waals surface area (Å²) in [7, 11) is 3.33. The molecule has 0 unspecified atom stereocenters. The lowest BCUT2D eigenvalue weighted by Gasteiger charge is -2.45. The minimum absolute atomic E-state index is 0.109. The van der Waals surface area contributed by atoms with Crippen LogP contribution < -0.4 is 5.32 Å². The number of rotatable bonds is 6. The number of thioether (sulfide) groups is 1. The Kier molecular flexibility index (Phi) is 8.22. The number of ether oxygens (including phenoxy) is 1. The second-order valence-electron chi connectivity index (χ2n) is 6.87. The molecule has 2 aliphatic rings. The van der Waals surface area contributed by atoms with Crippen molar-refractivity contribution in [2.75, 3.05) is 39.5 Å². The van der Waals surface area contributed by atoms with E-state index in [0.29, 0.717) is 11.2 Å². The molecule has 0 bridgehead atoms.